The largest absolute Gasteiger partial charge is 0.489 e. The van der Waals surface area contributed by atoms with Crippen LogP contribution in [0.2, 0.25) is 5.02 Å². The van der Waals surface area contributed by atoms with Gasteiger partial charge >= 0.3 is 0 Å². The molecule has 1 aromatic rings. The van der Waals surface area contributed by atoms with Crippen molar-refractivity contribution in [1.82, 2.24) is 5.32 Å². The van der Waals surface area contributed by atoms with Crippen molar-refractivity contribution in [3.05, 3.63) is 29.3 Å². The SMILES string of the molecule is Cl.Clc1cccc(OC2CCCNC2)c1. The van der Waals surface area contributed by atoms with Gasteiger partial charge in [0.25, 0.3) is 0 Å². The Labute approximate surface area is 101 Å². The molecule has 1 heterocycles. The molecule has 84 valence electrons. The molecule has 2 nitrogen and oxygen atoms in total. The first-order valence-electron chi connectivity index (χ1n) is 4.97. The van der Waals surface area contributed by atoms with Crippen LogP contribution in [-0.4, -0.2) is 19.2 Å². The van der Waals surface area contributed by atoms with E-state index in [0.29, 0.717) is 6.10 Å². The van der Waals surface area contributed by atoms with E-state index in [9.17, 15) is 0 Å². The third-order valence-corrected chi connectivity index (χ3v) is 2.59. The number of benzene rings is 1. The van der Waals surface area contributed by atoms with Gasteiger partial charge in [0, 0.05) is 11.6 Å². The molecule has 1 atom stereocenters. The zero-order chi connectivity index (χ0) is 9.80. The lowest BCUT2D eigenvalue weighted by Gasteiger charge is -2.23. The average Bonchev–Trinajstić information content (AvgIpc) is 2.19. The molecule has 1 fully saturated rings. The number of hydrogen-bond donors (Lipinski definition) is 1. The molecule has 1 N–H and O–H groups in total. The van der Waals surface area contributed by atoms with Gasteiger partial charge < -0.3 is 10.1 Å². The third-order valence-electron chi connectivity index (χ3n) is 2.35. The molecule has 0 amide bonds. The van der Waals surface area contributed by atoms with E-state index in [4.69, 9.17) is 16.3 Å². The lowest BCUT2D eigenvalue weighted by Crippen LogP contribution is -2.37. The minimum atomic E-state index is 0. The topological polar surface area (TPSA) is 21.3 Å². The van der Waals surface area contributed by atoms with Gasteiger partial charge in [0.1, 0.15) is 11.9 Å². The molecule has 0 aromatic heterocycles. The highest BCUT2D eigenvalue weighted by atomic mass is 35.5. The molecule has 0 saturated carbocycles. The molecular weight excluding hydrogens is 233 g/mol. The summed E-state index contributed by atoms with van der Waals surface area (Å²) in [6.45, 7) is 2.04. The number of ether oxygens (including phenoxy) is 1. The summed E-state index contributed by atoms with van der Waals surface area (Å²) in [6, 6.07) is 7.57. The third kappa shape index (κ3) is 3.90. The molecule has 4 heteroatoms. The van der Waals surface area contributed by atoms with Gasteiger partial charge in [0.2, 0.25) is 0 Å². The van der Waals surface area contributed by atoms with Crippen LogP contribution >= 0.6 is 24.0 Å². The van der Waals surface area contributed by atoms with E-state index >= 15 is 0 Å². The van der Waals surface area contributed by atoms with E-state index in [0.717, 1.165) is 30.3 Å². The Balaban J connectivity index is 0.00000112. The molecule has 0 radical (unpaired) electrons. The minimum Gasteiger partial charge on any atom is -0.489 e. The Bertz CT molecular complexity index is 300. The monoisotopic (exact) mass is 247 g/mol. The average molecular weight is 248 g/mol. The van der Waals surface area contributed by atoms with Crippen molar-refractivity contribution in [1.29, 1.82) is 0 Å². The van der Waals surface area contributed by atoms with E-state index < -0.39 is 0 Å². The standard InChI is InChI=1S/C11H14ClNO.ClH/c12-9-3-1-4-10(7-9)14-11-5-2-6-13-8-11;/h1,3-4,7,11,13H,2,5-6,8H2;1H. The first-order chi connectivity index (χ1) is 6.84. The summed E-state index contributed by atoms with van der Waals surface area (Å²) < 4.78 is 5.79. The van der Waals surface area contributed by atoms with Crippen LogP contribution in [0.5, 0.6) is 5.75 Å². The molecular formula is C11H15Cl2NO. The fourth-order valence-electron chi connectivity index (χ4n) is 1.65. The Morgan fingerprint density at radius 3 is 2.93 bits per heavy atom. The summed E-state index contributed by atoms with van der Waals surface area (Å²) >= 11 is 5.87. The highest BCUT2D eigenvalue weighted by molar-refractivity contribution is 6.30. The summed E-state index contributed by atoms with van der Waals surface area (Å²) in [5, 5.41) is 4.04. The molecule has 1 unspecified atom stereocenters. The Morgan fingerprint density at radius 2 is 2.27 bits per heavy atom. The van der Waals surface area contributed by atoms with Crippen LogP contribution in [0, 0.1) is 0 Å². The molecule has 1 aromatic carbocycles. The quantitative estimate of drug-likeness (QED) is 0.868. The fourth-order valence-corrected chi connectivity index (χ4v) is 1.83. The van der Waals surface area contributed by atoms with Crippen molar-refractivity contribution < 1.29 is 4.74 Å². The zero-order valence-corrected chi connectivity index (χ0v) is 9.98. The van der Waals surface area contributed by atoms with Crippen molar-refractivity contribution in [3.8, 4) is 5.75 Å². The molecule has 1 aliphatic heterocycles. The second kappa shape index (κ2) is 6.21. The maximum Gasteiger partial charge on any atom is 0.121 e. The van der Waals surface area contributed by atoms with Gasteiger partial charge in [-0.1, -0.05) is 17.7 Å². The second-order valence-corrected chi connectivity index (χ2v) is 3.98. The predicted molar refractivity (Wildman–Crippen MR) is 65.2 cm³/mol. The molecule has 0 aliphatic carbocycles. The molecule has 0 bridgehead atoms. The summed E-state index contributed by atoms with van der Waals surface area (Å²) in [5.41, 5.74) is 0. The van der Waals surface area contributed by atoms with Crippen molar-refractivity contribution in [2.24, 2.45) is 0 Å². The Morgan fingerprint density at radius 1 is 1.40 bits per heavy atom. The molecule has 0 spiro atoms. The Kier molecular flexibility index (Phi) is 5.23. The lowest BCUT2D eigenvalue weighted by atomic mass is 10.1. The predicted octanol–water partition coefficient (Wildman–Crippen LogP) is 2.89. The van der Waals surface area contributed by atoms with Gasteiger partial charge in [-0.3, -0.25) is 0 Å². The first kappa shape index (κ1) is 12.6. The summed E-state index contributed by atoms with van der Waals surface area (Å²) in [4.78, 5) is 0. The number of nitrogens with one attached hydrogen (secondary N) is 1. The van der Waals surface area contributed by atoms with Gasteiger partial charge in [0.15, 0.2) is 0 Å². The van der Waals surface area contributed by atoms with Crippen LogP contribution in [-0.2, 0) is 0 Å². The van der Waals surface area contributed by atoms with Crippen LogP contribution in [0.1, 0.15) is 12.8 Å². The number of halogens is 2. The van der Waals surface area contributed by atoms with Crippen molar-refractivity contribution in [2.45, 2.75) is 18.9 Å². The first-order valence-corrected chi connectivity index (χ1v) is 5.35. The summed E-state index contributed by atoms with van der Waals surface area (Å²) in [5.74, 6) is 0.867. The van der Waals surface area contributed by atoms with Crippen LogP contribution in [0.15, 0.2) is 24.3 Å². The van der Waals surface area contributed by atoms with E-state index in [-0.39, 0.29) is 12.4 Å². The highest BCUT2D eigenvalue weighted by Gasteiger charge is 2.13. The fraction of sp³-hybridized carbons (Fsp3) is 0.455. The Hall–Kier alpha value is -0.440. The molecule has 2 rings (SSSR count). The molecule has 1 aliphatic rings. The zero-order valence-electron chi connectivity index (χ0n) is 8.41. The summed E-state index contributed by atoms with van der Waals surface area (Å²) in [7, 11) is 0. The summed E-state index contributed by atoms with van der Waals surface area (Å²) in [6.07, 6.45) is 2.60. The molecule has 15 heavy (non-hydrogen) atoms. The van der Waals surface area contributed by atoms with E-state index in [1.165, 1.54) is 6.42 Å². The number of piperidine rings is 1. The van der Waals surface area contributed by atoms with Crippen LogP contribution in [0.3, 0.4) is 0 Å². The van der Waals surface area contributed by atoms with Crippen LogP contribution in [0.25, 0.3) is 0 Å². The normalized spacial score (nSPS) is 20.5. The van der Waals surface area contributed by atoms with Crippen LogP contribution in [0.4, 0.5) is 0 Å². The van der Waals surface area contributed by atoms with Crippen molar-refractivity contribution >= 4 is 24.0 Å². The van der Waals surface area contributed by atoms with Crippen molar-refractivity contribution in [3.63, 3.8) is 0 Å². The van der Waals surface area contributed by atoms with Gasteiger partial charge in [-0.05, 0) is 37.6 Å². The van der Waals surface area contributed by atoms with E-state index in [2.05, 4.69) is 5.32 Å². The molecule has 1 saturated heterocycles. The van der Waals surface area contributed by atoms with Crippen LogP contribution < -0.4 is 10.1 Å². The number of rotatable bonds is 2. The smallest absolute Gasteiger partial charge is 0.121 e. The van der Waals surface area contributed by atoms with Gasteiger partial charge in [0.05, 0.1) is 0 Å². The van der Waals surface area contributed by atoms with E-state index in [1.54, 1.807) is 0 Å². The highest BCUT2D eigenvalue weighted by Crippen LogP contribution is 2.19. The number of hydrogen-bond acceptors (Lipinski definition) is 2. The van der Waals surface area contributed by atoms with Gasteiger partial charge in [-0.2, -0.15) is 0 Å². The maximum atomic E-state index is 5.87. The lowest BCUT2D eigenvalue weighted by molar-refractivity contribution is 0.167. The van der Waals surface area contributed by atoms with E-state index in [1.807, 2.05) is 24.3 Å². The maximum absolute atomic E-state index is 5.87. The van der Waals surface area contributed by atoms with Gasteiger partial charge in [-0.25, -0.2) is 0 Å². The second-order valence-electron chi connectivity index (χ2n) is 3.54. The van der Waals surface area contributed by atoms with Crippen molar-refractivity contribution in [2.75, 3.05) is 13.1 Å². The van der Waals surface area contributed by atoms with Gasteiger partial charge in [-0.15, -0.1) is 12.4 Å². The minimum absolute atomic E-state index is 0.